The van der Waals surface area contributed by atoms with Gasteiger partial charge < -0.3 is 39.4 Å². The fourth-order valence-electron chi connectivity index (χ4n) is 11.8. The van der Waals surface area contributed by atoms with Gasteiger partial charge in [-0.2, -0.15) is 0 Å². The summed E-state index contributed by atoms with van der Waals surface area (Å²) in [5.74, 6) is -1.18. The first-order valence-electron chi connectivity index (χ1n) is 24.8. The quantitative estimate of drug-likeness (QED) is 0.0719. The molecule has 2 amide bonds. The zero-order valence-electron chi connectivity index (χ0n) is 40.9. The van der Waals surface area contributed by atoms with E-state index in [0.29, 0.717) is 63.8 Å². The number of methoxy groups -OCH3 is 1. The van der Waals surface area contributed by atoms with Crippen molar-refractivity contribution in [2.45, 2.75) is 107 Å². The Kier molecular flexibility index (Phi) is 13.1. The van der Waals surface area contributed by atoms with Crippen molar-refractivity contribution < 1.29 is 46.6 Å². The second kappa shape index (κ2) is 19.2. The van der Waals surface area contributed by atoms with Crippen molar-refractivity contribution in [1.29, 1.82) is 0 Å². The van der Waals surface area contributed by atoms with Gasteiger partial charge in [0.05, 0.1) is 51.8 Å². The van der Waals surface area contributed by atoms with Crippen molar-refractivity contribution >= 4 is 50.1 Å². The molecule has 2 saturated carbocycles. The number of anilines is 2. The predicted octanol–water partition coefficient (Wildman–Crippen LogP) is 8.63. The third kappa shape index (κ3) is 9.63. The zero-order valence-corrected chi connectivity index (χ0v) is 41.7. The molecule has 3 aromatic carbocycles. The molecule has 10 rings (SSSR count). The maximum Gasteiger partial charge on any atom is 0.409 e. The number of aromatic nitrogens is 2. The van der Waals surface area contributed by atoms with Crippen LogP contribution in [0.4, 0.5) is 26.2 Å². The van der Waals surface area contributed by atoms with Gasteiger partial charge in [-0.15, -0.1) is 0 Å². The number of nitro benzene ring substituents is 1. The number of fused-ring (bicyclic) bond motifs is 2. The highest BCUT2D eigenvalue weighted by molar-refractivity contribution is 7.90. The molecule has 1 spiro atoms. The fraction of sp³-hybridized carbons (Fsp3) is 0.481. The van der Waals surface area contributed by atoms with Gasteiger partial charge in [0.1, 0.15) is 29.6 Å². The number of amides is 2. The smallest absolute Gasteiger partial charge is 0.409 e. The monoisotopic (exact) mass is 1010 g/mol. The lowest BCUT2D eigenvalue weighted by molar-refractivity contribution is -0.384. The summed E-state index contributed by atoms with van der Waals surface area (Å²) in [6.45, 7) is 9.62. The highest BCUT2D eigenvalue weighted by atomic mass is 32.2. The van der Waals surface area contributed by atoms with Gasteiger partial charge in [0, 0.05) is 68.8 Å². The number of ether oxygens (including phenoxy) is 3. The first kappa shape index (κ1) is 49.1. The Labute approximate surface area is 417 Å². The van der Waals surface area contributed by atoms with E-state index >= 15 is 0 Å². The Bertz CT molecular complexity index is 3010. The molecule has 0 radical (unpaired) electrons. The van der Waals surface area contributed by atoms with Crippen molar-refractivity contribution in [3.05, 3.63) is 106 Å². The number of benzene rings is 3. The Morgan fingerprint density at radius 2 is 1.78 bits per heavy atom. The minimum absolute atomic E-state index is 0.0145. The molecule has 2 aliphatic carbocycles. The highest BCUT2D eigenvalue weighted by Gasteiger charge is 2.50. The minimum atomic E-state index is -4.74. The lowest BCUT2D eigenvalue weighted by Crippen LogP contribution is -2.60. The number of carbonyl (C=O) groups is 2. The minimum Gasteiger partial charge on any atom is -0.489 e. The molecule has 2 aromatic heterocycles. The van der Waals surface area contributed by atoms with E-state index in [-0.39, 0.29) is 75.6 Å². The number of nitro groups is 1. The fourth-order valence-corrected chi connectivity index (χ4v) is 12.8. The van der Waals surface area contributed by atoms with Gasteiger partial charge in [-0.3, -0.25) is 19.8 Å². The van der Waals surface area contributed by atoms with Crippen LogP contribution in [0.15, 0.2) is 78.0 Å². The van der Waals surface area contributed by atoms with E-state index < -0.39 is 42.9 Å². The second-order valence-electron chi connectivity index (χ2n) is 20.9. The summed E-state index contributed by atoms with van der Waals surface area (Å²) in [5.41, 5.74) is 2.25. The van der Waals surface area contributed by atoms with Crippen LogP contribution >= 0.6 is 0 Å². The lowest BCUT2D eigenvalue weighted by atomic mass is 9.59. The molecule has 5 aliphatic rings. The van der Waals surface area contributed by atoms with Crippen LogP contribution in [-0.2, 0) is 14.8 Å². The standard InChI is InChI=1S/C52H61FN8O10S/c1-31(2)37-7-5-6-8-38(37)44-29-59(50(63)69-4)19-20-60(44)34-25-52(26-34)15-17-58(18-16-52)33-9-10-39(45(21-33)71-35-22-40-41(53)28-55-48(40)54-27-35)49(62)57-72(67,68)36-23-43(61(65)66)47-46(24-36)70-30-42(56-47)32-11-13-51(3,64)14-12-32/h5-10,21-24,27-28,31-32,34,42,44,56,64H,11-20,25-26,29-30H2,1-4H3,(H,54,55)(H,57,62)/t32-,42-,44+,51-/m1/s1. The molecular formula is C52H61FN8O10S. The summed E-state index contributed by atoms with van der Waals surface area (Å²) >= 11 is 0. The highest BCUT2D eigenvalue weighted by Crippen LogP contribution is 2.54. The number of piperidine rings is 1. The molecule has 3 aliphatic heterocycles. The van der Waals surface area contributed by atoms with E-state index in [1.807, 2.05) is 0 Å². The summed E-state index contributed by atoms with van der Waals surface area (Å²) in [5, 5.41) is 26.2. The van der Waals surface area contributed by atoms with Crippen LogP contribution in [0.3, 0.4) is 0 Å². The zero-order chi connectivity index (χ0) is 50.7. The second-order valence-corrected chi connectivity index (χ2v) is 22.6. The Morgan fingerprint density at radius 1 is 1.03 bits per heavy atom. The average molecular weight is 1010 g/mol. The number of hydrogen-bond acceptors (Lipinski definition) is 14. The van der Waals surface area contributed by atoms with Crippen LogP contribution < -0.4 is 24.4 Å². The summed E-state index contributed by atoms with van der Waals surface area (Å²) in [7, 11) is -3.32. The van der Waals surface area contributed by atoms with Crippen LogP contribution in [0, 0.1) is 27.3 Å². The number of nitrogens with one attached hydrogen (secondary N) is 3. The number of carbonyl (C=O) groups excluding carboxylic acids is 2. The van der Waals surface area contributed by atoms with Crippen molar-refractivity contribution in [2.75, 3.05) is 56.7 Å². The normalized spacial score (nSPS) is 23.5. The molecule has 5 heterocycles. The molecule has 5 aromatic rings. The third-order valence-corrected chi connectivity index (χ3v) is 17.2. The molecular weight excluding hydrogens is 948 g/mol. The first-order chi connectivity index (χ1) is 34.4. The number of piperazine rings is 1. The first-order valence-corrected chi connectivity index (χ1v) is 26.3. The number of halogens is 1. The number of nitrogens with zero attached hydrogens (tertiary/aromatic N) is 5. The number of aromatic amines is 1. The average Bonchev–Trinajstić information content (AvgIpc) is 3.73. The maximum absolute atomic E-state index is 14.7. The topological polar surface area (TPSA) is 222 Å². The number of pyridine rings is 1. The van der Waals surface area contributed by atoms with Crippen molar-refractivity contribution in [2.24, 2.45) is 11.3 Å². The molecule has 0 unspecified atom stereocenters. The lowest BCUT2D eigenvalue weighted by Gasteiger charge is -2.58. The van der Waals surface area contributed by atoms with Crippen LogP contribution in [0.1, 0.15) is 106 Å². The van der Waals surface area contributed by atoms with Gasteiger partial charge in [-0.05, 0) is 105 Å². The van der Waals surface area contributed by atoms with E-state index in [4.69, 9.17) is 14.2 Å². The van der Waals surface area contributed by atoms with Crippen LogP contribution in [0.2, 0.25) is 0 Å². The van der Waals surface area contributed by atoms with Gasteiger partial charge in [0.15, 0.2) is 11.4 Å². The molecule has 18 nitrogen and oxygen atoms in total. The molecule has 382 valence electrons. The Morgan fingerprint density at radius 3 is 2.50 bits per heavy atom. The maximum atomic E-state index is 14.7. The Balaban J connectivity index is 0.863. The third-order valence-electron chi connectivity index (χ3n) is 15.9. The van der Waals surface area contributed by atoms with Crippen molar-refractivity contribution in [3.63, 3.8) is 0 Å². The molecule has 2 atom stereocenters. The number of rotatable bonds is 11. The summed E-state index contributed by atoms with van der Waals surface area (Å²) in [4.78, 5) is 51.7. The van der Waals surface area contributed by atoms with Crippen LogP contribution in [0.5, 0.6) is 17.2 Å². The van der Waals surface area contributed by atoms with Gasteiger partial charge in [-0.1, -0.05) is 38.1 Å². The van der Waals surface area contributed by atoms with Gasteiger partial charge in [0.25, 0.3) is 21.6 Å². The summed E-state index contributed by atoms with van der Waals surface area (Å²) < 4.78 is 62.2. The van der Waals surface area contributed by atoms with Gasteiger partial charge in [-0.25, -0.2) is 27.3 Å². The predicted molar refractivity (Wildman–Crippen MR) is 267 cm³/mol. The molecule has 4 N–H and O–H groups in total. The van der Waals surface area contributed by atoms with Gasteiger partial charge in [0.2, 0.25) is 0 Å². The number of hydrogen-bond donors (Lipinski definition) is 4. The molecule has 4 fully saturated rings. The molecule has 2 saturated heterocycles. The van der Waals surface area contributed by atoms with E-state index in [2.05, 4.69) is 67.9 Å². The van der Waals surface area contributed by atoms with Crippen molar-refractivity contribution in [1.82, 2.24) is 24.5 Å². The summed E-state index contributed by atoms with van der Waals surface area (Å²) in [6.07, 6.45) is 8.62. The van der Waals surface area contributed by atoms with E-state index in [1.165, 1.54) is 42.8 Å². The van der Waals surface area contributed by atoms with E-state index in [1.54, 1.807) is 24.0 Å². The number of sulfonamides is 1. The molecule has 72 heavy (non-hydrogen) atoms. The van der Waals surface area contributed by atoms with Crippen LogP contribution in [-0.4, -0.2) is 114 Å². The molecule has 0 bridgehead atoms. The largest absolute Gasteiger partial charge is 0.489 e. The van der Waals surface area contributed by atoms with Crippen LogP contribution in [0.25, 0.3) is 11.0 Å². The number of aliphatic hydroxyl groups is 1. The summed E-state index contributed by atoms with van der Waals surface area (Å²) in [6, 6.07) is 17.0. The SMILES string of the molecule is COC(=O)N1CCN(C2CC3(CCN(c4ccc(C(=O)NS(=O)(=O)c5cc6c(c([N+](=O)[O-])c5)N[C@@H]([C@H]5CC[C@](C)(O)CC5)CO6)c(Oc5cnc6[nH]cc(F)c6c5)c4)CC3)C2)[C@H](c2ccccc2C(C)C)C1. The Hall–Kier alpha value is -6.51. The van der Waals surface area contributed by atoms with E-state index in [9.17, 15) is 37.6 Å². The molecule has 20 heteroatoms. The number of H-pyrrole nitrogens is 1. The van der Waals surface area contributed by atoms with Crippen molar-refractivity contribution in [3.8, 4) is 17.2 Å². The van der Waals surface area contributed by atoms with Gasteiger partial charge >= 0.3 is 6.09 Å². The van der Waals surface area contributed by atoms with E-state index in [0.717, 1.165) is 50.0 Å².